The molecule has 1 aromatic carbocycles. The predicted octanol–water partition coefficient (Wildman–Crippen LogP) is 1.78. The lowest BCUT2D eigenvalue weighted by Crippen LogP contribution is -2.24. The first-order valence-corrected chi connectivity index (χ1v) is 6.88. The highest BCUT2D eigenvalue weighted by Gasteiger charge is 2.33. The van der Waals surface area contributed by atoms with Crippen LogP contribution in [0.1, 0.15) is 36.5 Å². The van der Waals surface area contributed by atoms with Crippen molar-refractivity contribution in [2.75, 3.05) is 6.61 Å². The Morgan fingerprint density at radius 2 is 2.10 bits per heavy atom. The maximum Gasteiger partial charge on any atom is 0.335 e. The number of aromatic hydroxyl groups is 2. The third-order valence-electron chi connectivity index (χ3n) is 3.35. The molecule has 21 heavy (non-hydrogen) atoms. The Morgan fingerprint density at radius 1 is 1.33 bits per heavy atom. The molecule has 2 unspecified atom stereocenters. The molecule has 0 aromatic heterocycles. The van der Waals surface area contributed by atoms with Gasteiger partial charge in [-0.2, -0.15) is 0 Å². The lowest BCUT2D eigenvalue weighted by molar-refractivity contribution is -0.155. The fourth-order valence-corrected chi connectivity index (χ4v) is 2.34. The maximum absolute atomic E-state index is 12.1. The number of hydrogen-bond acceptors (Lipinski definition) is 6. The summed E-state index contributed by atoms with van der Waals surface area (Å²) in [5, 5.41) is 18.9. The van der Waals surface area contributed by atoms with Crippen molar-refractivity contribution in [3.8, 4) is 11.5 Å². The second-order valence-corrected chi connectivity index (χ2v) is 4.90. The van der Waals surface area contributed by atoms with E-state index in [2.05, 4.69) is 0 Å². The fourth-order valence-electron chi connectivity index (χ4n) is 2.34. The van der Waals surface area contributed by atoms with Crippen LogP contribution < -0.4 is 0 Å². The van der Waals surface area contributed by atoms with Crippen LogP contribution in [0, 0.1) is 0 Å². The van der Waals surface area contributed by atoms with Gasteiger partial charge in [0.2, 0.25) is 0 Å². The van der Waals surface area contributed by atoms with Gasteiger partial charge in [-0.25, -0.2) is 4.79 Å². The van der Waals surface area contributed by atoms with E-state index in [4.69, 9.17) is 9.47 Å². The van der Waals surface area contributed by atoms with E-state index in [1.54, 1.807) is 6.92 Å². The van der Waals surface area contributed by atoms with E-state index in [0.717, 1.165) is 6.07 Å². The normalized spacial score (nSPS) is 21.2. The van der Waals surface area contributed by atoms with Crippen LogP contribution in [0.25, 0.3) is 0 Å². The van der Waals surface area contributed by atoms with Crippen LogP contribution in [0.15, 0.2) is 18.2 Å². The molecule has 0 spiro atoms. The van der Waals surface area contributed by atoms with Gasteiger partial charge in [-0.1, -0.05) is 0 Å². The summed E-state index contributed by atoms with van der Waals surface area (Å²) in [7, 11) is 0. The Morgan fingerprint density at radius 3 is 2.76 bits per heavy atom. The molecule has 2 rings (SSSR count). The Labute approximate surface area is 122 Å². The molecule has 1 aromatic rings. The standard InChI is InChI=1S/C15H18O6/c1-2-20-15(19)14-6-4-10(21-14)8-13(18)11-5-3-9(16)7-12(11)17/h3,5,7,10,14,16-17H,2,4,6,8H2,1H3. The number of carbonyl (C=O) groups is 2. The maximum atomic E-state index is 12.1. The van der Waals surface area contributed by atoms with Gasteiger partial charge in [-0.3, -0.25) is 4.79 Å². The van der Waals surface area contributed by atoms with E-state index in [9.17, 15) is 19.8 Å². The van der Waals surface area contributed by atoms with Gasteiger partial charge < -0.3 is 19.7 Å². The van der Waals surface area contributed by atoms with Gasteiger partial charge in [0.05, 0.1) is 18.3 Å². The van der Waals surface area contributed by atoms with Crippen molar-refractivity contribution >= 4 is 11.8 Å². The number of carbonyl (C=O) groups excluding carboxylic acids is 2. The number of ketones is 1. The average molecular weight is 294 g/mol. The van der Waals surface area contributed by atoms with E-state index in [1.165, 1.54) is 12.1 Å². The molecule has 0 bridgehead atoms. The summed E-state index contributed by atoms with van der Waals surface area (Å²) < 4.78 is 10.4. The van der Waals surface area contributed by atoms with Crippen molar-refractivity contribution in [2.45, 2.75) is 38.4 Å². The predicted molar refractivity (Wildman–Crippen MR) is 73.2 cm³/mol. The van der Waals surface area contributed by atoms with Gasteiger partial charge in [0.1, 0.15) is 11.5 Å². The summed E-state index contributed by atoms with van der Waals surface area (Å²) >= 11 is 0. The van der Waals surface area contributed by atoms with Gasteiger partial charge in [-0.05, 0) is 31.9 Å². The first-order chi connectivity index (χ1) is 10.0. The lowest BCUT2D eigenvalue weighted by atomic mass is 10.0. The monoisotopic (exact) mass is 294 g/mol. The Balaban J connectivity index is 1.93. The molecule has 1 heterocycles. The number of Topliss-reactive ketones (excluding diaryl/α,β-unsaturated/α-hetero) is 1. The van der Waals surface area contributed by atoms with Crippen molar-refractivity contribution in [3.63, 3.8) is 0 Å². The summed E-state index contributed by atoms with van der Waals surface area (Å²) in [5.74, 6) is -1.06. The summed E-state index contributed by atoms with van der Waals surface area (Å²) in [4.78, 5) is 23.6. The molecule has 0 radical (unpaired) electrons. The van der Waals surface area contributed by atoms with E-state index in [0.29, 0.717) is 19.4 Å². The zero-order valence-electron chi connectivity index (χ0n) is 11.7. The number of hydrogen-bond donors (Lipinski definition) is 2. The van der Waals surface area contributed by atoms with Gasteiger partial charge in [0.25, 0.3) is 0 Å². The molecule has 0 aliphatic carbocycles. The van der Waals surface area contributed by atoms with E-state index < -0.39 is 12.1 Å². The van der Waals surface area contributed by atoms with Crippen LogP contribution in [-0.2, 0) is 14.3 Å². The number of rotatable bonds is 5. The highest BCUT2D eigenvalue weighted by molar-refractivity contribution is 5.99. The van der Waals surface area contributed by atoms with Crippen LogP contribution >= 0.6 is 0 Å². The summed E-state index contributed by atoms with van der Waals surface area (Å²) in [6.07, 6.45) is 0.219. The summed E-state index contributed by atoms with van der Waals surface area (Å²) in [6, 6.07) is 3.82. The molecule has 1 aliphatic rings. The molecule has 0 saturated carbocycles. The smallest absolute Gasteiger partial charge is 0.335 e. The van der Waals surface area contributed by atoms with Crippen molar-refractivity contribution in [1.29, 1.82) is 0 Å². The lowest BCUT2D eigenvalue weighted by Gasteiger charge is -2.12. The third-order valence-corrected chi connectivity index (χ3v) is 3.35. The molecule has 6 heteroatoms. The van der Waals surface area contributed by atoms with E-state index >= 15 is 0 Å². The number of phenolic OH excluding ortho intramolecular Hbond substituents is 2. The second kappa shape index (κ2) is 6.58. The molecule has 114 valence electrons. The van der Waals surface area contributed by atoms with E-state index in [1.807, 2.05) is 0 Å². The molecule has 1 saturated heterocycles. The number of benzene rings is 1. The van der Waals surface area contributed by atoms with Gasteiger partial charge in [0, 0.05) is 12.5 Å². The van der Waals surface area contributed by atoms with Gasteiger partial charge in [-0.15, -0.1) is 0 Å². The Bertz CT molecular complexity index is 539. The van der Waals surface area contributed by atoms with Crippen LogP contribution in [0.4, 0.5) is 0 Å². The van der Waals surface area contributed by atoms with Crippen molar-refractivity contribution in [3.05, 3.63) is 23.8 Å². The molecular weight excluding hydrogens is 276 g/mol. The topological polar surface area (TPSA) is 93.1 Å². The molecule has 6 nitrogen and oxygen atoms in total. The minimum Gasteiger partial charge on any atom is -0.508 e. The molecular formula is C15H18O6. The Kier molecular flexibility index (Phi) is 4.80. The highest BCUT2D eigenvalue weighted by Crippen LogP contribution is 2.28. The van der Waals surface area contributed by atoms with Crippen molar-refractivity contribution in [1.82, 2.24) is 0 Å². The zero-order valence-corrected chi connectivity index (χ0v) is 11.7. The van der Waals surface area contributed by atoms with Gasteiger partial charge in [0.15, 0.2) is 11.9 Å². The number of esters is 1. The highest BCUT2D eigenvalue weighted by atomic mass is 16.6. The number of phenols is 2. The van der Waals surface area contributed by atoms with Crippen molar-refractivity contribution in [2.24, 2.45) is 0 Å². The third kappa shape index (κ3) is 3.72. The largest absolute Gasteiger partial charge is 0.508 e. The van der Waals surface area contributed by atoms with Crippen molar-refractivity contribution < 1.29 is 29.3 Å². The first kappa shape index (κ1) is 15.3. The summed E-state index contributed by atoms with van der Waals surface area (Å²) in [6.45, 7) is 2.02. The first-order valence-electron chi connectivity index (χ1n) is 6.88. The fraction of sp³-hybridized carbons (Fsp3) is 0.467. The van der Waals surface area contributed by atoms with E-state index in [-0.39, 0.29) is 35.4 Å². The van der Waals surface area contributed by atoms with Crippen LogP contribution in [-0.4, -0.2) is 40.8 Å². The minimum absolute atomic E-state index is 0.0776. The second-order valence-electron chi connectivity index (χ2n) is 4.90. The summed E-state index contributed by atoms with van der Waals surface area (Å²) in [5.41, 5.74) is 0.135. The SMILES string of the molecule is CCOC(=O)C1CCC(CC(=O)c2ccc(O)cc2O)O1. The van der Waals surface area contributed by atoms with Crippen LogP contribution in [0.3, 0.4) is 0 Å². The molecule has 2 N–H and O–H groups in total. The van der Waals surface area contributed by atoms with Gasteiger partial charge >= 0.3 is 5.97 Å². The zero-order chi connectivity index (χ0) is 15.4. The number of ether oxygens (including phenoxy) is 2. The molecule has 1 aliphatic heterocycles. The molecule has 2 atom stereocenters. The average Bonchev–Trinajstić information content (AvgIpc) is 2.87. The van der Waals surface area contributed by atoms with Crippen LogP contribution in [0.2, 0.25) is 0 Å². The quantitative estimate of drug-likeness (QED) is 0.635. The molecule has 1 fully saturated rings. The van der Waals surface area contributed by atoms with Crippen LogP contribution in [0.5, 0.6) is 11.5 Å². The minimum atomic E-state index is -0.615. The molecule has 0 amide bonds. The Hall–Kier alpha value is -2.08.